The Morgan fingerprint density at radius 1 is 1.36 bits per heavy atom. The summed E-state index contributed by atoms with van der Waals surface area (Å²) in [6, 6.07) is 7.19. The van der Waals surface area contributed by atoms with Crippen molar-refractivity contribution in [3.05, 3.63) is 34.9 Å². The second-order valence-electron chi connectivity index (χ2n) is 5.09. The average molecular weight is 327 g/mol. The Kier molecular flexibility index (Phi) is 6.03. The number of hydrogen-bond donors (Lipinski definition) is 2. The number of ether oxygens (including phenoxy) is 1. The van der Waals surface area contributed by atoms with E-state index in [0.29, 0.717) is 37.7 Å². The summed E-state index contributed by atoms with van der Waals surface area (Å²) in [5.74, 6) is -0.858. The Labute approximate surface area is 134 Å². The molecule has 0 aromatic heterocycles. The van der Waals surface area contributed by atoms with Crippen LogP contribution < -0.4 is 5.32 Å². The van der Waals surface area contributed by atoms with Crippen LogP contribution in [0.4, 0.5) is 4.79 Å². The molecule has 1 aliphatic rings. The van der Waals surface area contributed by atoms with Crippen molar-refractivity contribution in [3.8, 4) is 0 Å². The summed E-state index contributed by atoms with van der Waals surface area (Å²) in [7, 11) is 0. The molecule has 1 atom stereocenters. The van der Waals surface area contributed by atoms with E-state index in [-0.39, 0.29) is 18.6 Å². The molecule has 1 saturated heterocycles. The minimum absolute atomic E-state index is 0.0524. The van der Waals surface area contributed by atoms with Crippen molar-refractivity contribution in [2.45, 2.75) is 18.9 Å². The number of nitrogens with one attached hydrogen (secondary N) is 1. The zero-order valence-corrected chi connectivity index (χ0v) is 12.9. The van der Waals surface area contributed by atoms with Gasteiger partial charge in [0.15, 0.2) is 0 Å². The number of hydrogen-bond acceptors (Lipinski definition) is 3. The Morgan fingerprint density at radius 2 is 2.09 bits per heavy atom. The highest BCUT2D eigenvalue weighted by atomic mass is 35.5. The summed E-state index contributed by atoms with van der Waals surface area (Å²) >= 11 is 5.87. The fourth-order valence-electron chi connectivity index (χ4n) is 2.26. The third-order valence-corrected chi connectivity index (χ3v) is 3.69. The van der Waals surface area contributed by atoms with Gasteiger partial charge in [-0.2, -0.15) is 0 Å². The van der Waals surface area contributed by atoms with E-state index < -0.39 is 5.97 Å². The maximum atomic E-state index is 12.1. The van der Waals surface area contributed by atoms with E-state index in [1.165, 1.54) is 0 Å². The van der Waals surface area contributed by atoms with Gasteiger partial charge in [0.2, 0.25) is 0 Å². The molecule has 120 valence electrons. The Hall–Kier alpha value is -1.79. The molecule has 1 aromatic rings. The second-order valence-corrected chi connectivity index (χ2v) is 5.52. The normalized spacial score (nSPS) is 18.0. The van der Waals surface area contributed by atoms with Crippen molar-refractivity contribution in [2.75, 3.05) is 26.2 Å². The largest absolute Gasteiger partial charge is 0.481 e. The fraction of sp³-hybridized carbons (Fsp3) is 0.467. The molecule has 0 saturated carbocycles. The number of carbonyl (C=O) groups is 2. The molecule has 6 nitrogen and oxygen atoms in total. The molecule has 0 aliphatic carbocycles. The van der Waals surface area contributed by atoms with Crippen LogP contribution in [-0.2, 0) is 9.53 Å². The predicted molar refractivity (Wildman–Crippen MR) is 82.0 cm³/mol. The van der Waals surface area contributed by atoms with Crippen LogP contribution in [0.25, 0.3) is 0 Å². The van der Waals surface area contributed by atoms with Gasteiger partial charge in [-0.3, -0.25) is 4.79 Å². The van der Waals surface area contributed by atoms with Gasteiger partial charge in [0.05, 0.1) is 13.2 Å². The SMILES string of the molecule is O=C(O)CCCNC(=O)N1CCOC(c2ccc(Cl)cc2)C1. The van der Waals surface area contributed by atoms with Gasteiger partial charge in [-0.25, -0.2) is 4.79 Å². The topological polar surface area (TPSA) is 78.9 Å². The van der Waals surface area contributed by atoms with Gasteiger partial charge in [-0.05, 0) is 24.1 Å². The number of carbonyl (C=O) groups excluding carboxylic acids is 1. The summed E-state index contributed by atoms with van der Waals surface area (Å²) in [5, 5.41) is 12.0. The van der Waals surface area contributed by atoms with Crippen molar-refractivity contribution in [1.82, 2.24) is 10.2 Å². The van der Waals surface area contributed by atoms with E-state index in [4.69, 9.17) is 21.4 Å². The molecule has 2 rings (SSSR count). The number of carboxylic acid groups (broad SMARTS) is 1. The number of halogens is 1. The van der Waals surface area contributed by atoms with Crippen LogP contribution in [0, 0.1) is 0 Å². The molecule has 1 aliphatic heterocycles. The highest BCUT2D eigenvalue weighted by Crippen LogP contribution is 2.23. The first-order chi connectivity index (χ1) is 10.6. The van der Waals surface area contributed by atoms with Gasteiger partial charge in [0.1, 0.15) is 6.10 Å². The molecule has 7 heteroatoms. The van der Waals surface area contributed by atoms with Gasteiger partial charge < -0.3 is 20.1 Å². The lowest BCUT2D eigenvalue weighted by Crippen LogP contribution is -2.47. The third kappa shape index (κ3) is 4.89. The first-order valence-electron chi connectivity index (χ1n) is 7.18. The fourth-order valence-corrected chi connectivity index (χ4v) is 2.39. The monoisotopic (exact) mass is 326 g/mol. The Bertz CT molecular complexity index is 521. The summed E-state index contributed by atoms with van der Waals surface area (Å²) in [6.07, 6.45) is 0.304. The quantitative estimate of drug-likeness (QED) is 0.814. The van der Waals surface area contributed by atoms with Crippen LogP contribution in [-0.4, -0.2) is 48.2 Å². The second kappa shape index (κ2) is 8.00. The van der Waals surface area contributed by atoms with Crippen LogP contribution in [0.2, 0.25) is 5.02 Å². The van der Waals surface area contributed by atoms with E-state index in [1.807, 2.05) is 12.1 Å². The van der Waals surface area contributed by atoms with Crippen LogP contribution in [0.5, 0.6) is 0 Å². The smallest absolute Gasteiger partial charge is 0.317 e. The van der Waals surface area contributed by atoms with E-state index in [1.54, 1.807) is 17.0 Å². The van der Waals surface area contributed by atoms with Crippen molar-refractivity contribution in [2.24, 2.45) is 0 Å². The van der Waals surface area contributed by atoms with Gasteiger partial charge in [0.25, 0.3) is 0 Å². The maximum absolute atomic E-state index is 12.1. The standard InChI is InChI=1S/C15H19ClN2O4/c16-12-5-3-11(4-6-12)13-10-18(8-9-22-13)15(21)17-7-1-2-14(19)20/h3-6,13H,1-2,7-10H2,(H,17,21)(H,19,20). The van der Waals surface area contributed by atoms with E-state index >= 15 is 0 Å². The summed E-state index contributed by atoms with van der Waals surface area (Å²) in [4.78, 5) is 24.2. The molecule has 2 N–H and O–H groups in total. The number of amides is 2. The van der Waals surface area contributed by atoms with Crippen molar-refractivity contribution in [1.29, 1.82) is 0 Å². The first kappa shape index (κ1) is 16.6. The zero-order valence-electron chi connectivity index (χ0n) is 12.1. The third-order valence-electron chi connectivity index (χ3n) is 3.44. The van der Waals surface area contributed by atoms with Crippen molar-refractivity contribution in [3.63, 3.8) is 0 Å². The maximum Gasteiger partial charge on any atom is 0.317 e. The number of urea groups is 1. The van der Waals surface area contributed by atoms with E-state index in [0.717, 1.165) is 5.56 Å². The number of nitrogens with zero attached hydrogens (tertiary/aromatic N) is 1. The van der Waals surface area contributed by atoms with Gasteiger partial charge in [-0.1, -0.05) is 23.7 Å². The summed E-state index contributed by atoms with van der Waals surface area (Å²) in [5.41, 5.74) is 0.979. The lowest BCUT2D eigenvalue weighted by Gasteiger charge is -2.33. The number of carboxylic acids is 1. The van der Waals surface area contributed by atoms with Crippen LogP contribution in [0.15, 0.2) is 24.3 Å². The molecule has 0 spiro atoms. The minimum Gasteiger partial charge on any atom is -0.481 e. The Morgan fingerprint density at radius 3 is 2.77 bits per heavy atom. The summed E-state index contributed by atoms with van der Waals surface area (Å²) in [6.45, 7) is 1.81. The molecule has 1 fully saturated rings. The molecule has 0 radical (unpaired) electrons. The number of rotatable bonds is 5. The van der Waals surface area contributed by atoms with Gasteiger partial charge in [-0.15, -0.1) is 0 Å². The zero-order chi connectivity index (χ0) is 15.9. The van der Waals surface area contributed by atoms with Crippen molar-refractivity contribution >= 4 is 23.6 Å². The average Bonchev–Trinajstić information content (AvgIpc) is 2.52. The van der Waals surface area contributed by atoms with E-state index in [9.17, 15) is 9.59 Å². The van der Waals surface area contributed by atoms with Crippen LogP contribution in [0.3, 0.4) is 0 Å². The Balaban J connectivity index is 1.83. The molecule has 22 heavy (non-hydrogen) atoms. The highest BCUT2D eigenvalue weighted by molar-refractivity contribution is 6.30. The number of benzene rings is 1. The molecule has 1 aromatic carbocycles. The van der Waals surface area contributed by atoms with Gasteiger partial charge in [0, 0.05) is 24.5 Å². The molecule has 1 unspecified atom stereocenters. The van der Waals surface area contributed by atoms with Gasteiger partial charge >= 0.3 is 12.0 Å². The predicted octanol–water partition coefficient (Wildman–Crippen LogP) is 2.29. The van der Waals surface area contributed by atoms with Crippen LogP contribution in [0.1, 0.15) is 24.5 Å². The molecular formula is C15H19ClN2O4. The van der Waals surface area contributed by atoms with Crippen LogP contribution >= 0.6 is 11.6 Å². The molecule has 1 heterocycles. The first-order valence-corrected chi connectivity index (χ1v) is 7.55. The number of morpholine rings is 1. The molecule has 0 bridgehead atoms. The molecular weight excluding hydrogens is 308 g/mol. The minimum atomic E-state index is -0.858. The van der Waals surface area contributed by atoms with E-state index in [2.05, 4.69) is 5.32 Å². The highest BCUT2D eigenvalue weighted by Gasteiger charge is 2.25. The molecule has 2 amide bonds. The lowest BCUT2D eigenvalue weighted by molar-refractivity contribution is -0.137. The van der Waals surface area contributed by atoms with Crippen molar-refractivity contribution < 1.29 is 19.4 Å². The lowest BCUT2D eigenvalue weighted by atomic mass is 10.1. The summed E-state index contributed by atoms with van der Waals surface area (Å²) < 4.78 is 5.70. The number of aliphatic carboxylic acids is 1.